The van der Waals surface area contributed by atoms with E-state index >= 15 is 0 Å². The molecule has 0 spiro atoms. The number of nitrogens with zero attached hydrogens (tertiary/aromatic N) is 2. The fourth-order valence-electron chi connectivity index (χ4n) is 4.17. The second-order valence-electron chi connectivity index (χ2n) is 7.64. The van der Waals surface area contributed by atoms with Crippen molar-refractivity contribution in [2.24, 2.45) is 7.05 Å². The van der Waals surface area contributed by atoms with Crippen molar-refractivity contribution in [1.82, 2.24) is 4.57 Å². The summed E-state index contributed by atoms with van der Waals surface area (Å²) in [5, 5.41) is 0. The van der Waals surface area contributed by atoms with E-state index in [2.05, 4.69) is 41.3 Å². The van der Waals surface area contributed by atoms with E-state index in [1.165, 1.54) is 20.9 Å². The summed E-state index contributed by atoms with van der Waals surface area (Å²) >= 11 is 1.77. The predicted molar refractivity (Wildman–Crippen MR) is 120 cm³/mol. The number of methoxy groups -OCH3 is 1. The Morgan fingerprint density at radius 1 is 1.03 bits per heavy atom. The first kappa shape index (κ1) is 19.3. The number of anilines is 1. The molecule has 0 saturated carbocycles. The van der Waals surface area contributed by atoms with Crippen LogP contribution in [0.4, 0.5) is 5.69 Å². The van der Waals surface area contributed by atoms with Gasteiger partial charge in [-0.1, -0.05) is 30.0 Å². The van der Waals surface area contributed by atoms with Crippen LogP contribution in [0.15, 0.2) is 63.1 Å². The summed E-state index contributed by atoms with van der Waals surface area (Å²) in [7, 11) is 3.55. The lowest BCUT2D eigenvalue weighted by Crippen LogP contribution is -2.37. The highest BCUT2D eigenvalue weighted by Crippen LogP contribution is 2.45. The normalized spacial score (nSPS) is 15.5. The molecule has 3 heterocycles. The fraction of sp³-hybridized carbons (Fsp3) is 0.292. The maximum Gasteiger partial charge on any atom is 0.252 e. The zero-order valence-corrected chi connectivity index (χ0v) is 18.0. The first-order valence-electron chi connectivity index (χ1n) is 10.1. The summed E-state index contributed by atoms with van der Waals surface area (Å²) in [5.74, 6) is 0.884. The molecule has 1 saturated heterocycles. The van der Waals surface area contributed by atoms with E-state index in [1.807, 2.05) is 13.1 Å². The first-order chi connectivity index (χ1) is 14.6. The van der Waals surface area contributed by atoms with Crippen LogP contribution >= 0.6 is 11.8 Å². The topological polar surface area (TPSA) is 43.7 Å². The molecule has 0 atom stereocenters. The standard InChI is InChI=1S/C24H24N2O3S/c1-25-21(14-18(15-23(25)27)26-8-10-29-11-9-26)20-5-3-4-16-12-17-13-19(28-2)6-7-22(17)30-24(16)20/h3-7,13-15H,8-12H2,1-2H3. The molecule has 0 amide bonds. The van der Waals surface area contributed by atoms with Gasteiger partial charge in [0, 0.05) is 47.2 Å². The van der Waals surface area contributed by atoms with Crippen LogP contribution in [-0.4, -0.2) is 38.0 Å². The van der Waals surface area contributed by atoms with Gasteiger partial charge < -0.3 is 18.9 Å². The Morgan fingerprint density at radius 3 is 2.67 bits per heavy atom. The van der Waals surface area contributed by atoms with Crippen LogP contribution in [0.2, 0.25) is 0 Å². The van der Waals surface area contributed by atoms with Crippen molar-refractivity contribution in [3.8, 4) is 17.0 Å². The van der Waals surface area contributed by atoms with E-state index in [9.17, 15) is 4.79 Å². The fourth-order valence-corrected chi connectivity index (χ4v) is 5.34. The molecule has 0 bridgehead atoms. The molecule has 2 aliphatic heterocycles. The van der Waals surface area contributed by atoms with Gasteiger partial charge in [0.25, 0.3) is 5.56 Å². The molecule has 2 aromatic carbocycles. The van der Waals surface area contributed by atoms with E-state index in [-0.39, 0.29) is 5.56 Å². The summed E-state index contributed by atoms with van der Waals surface area (Å²) < 4.78 is 12.6. The summed E-state index contributed by atoms with van der Waals surface area (Å²) in [6.45, 7) is 3.01. The highest BCUT2D eigenvalue weighted by Gasteiger charge is 2.22. The molecule has 154 valence electrons. The molecule has 0 unspecified atom stereocenters. The van der Waals surface area contributed by atoms with Gasteiger partial charge in [-0.05, 0) is 41.8 Å². The number of aromatic nitrogens is 1. The van der Waals surface area contributed by atoms with Gasteiger partial charge in [0.05, 0.1) is 26.0 Å². The zero-order chi connectivity index (χ0) is 20.7. The van der Waals surface area contributed by atoms with E-state index < -0.39 is 0 Å². The number of hydrogen-bond donors (Lipinski definition) is 0. The number of fused-ring (bicyclic) bond motifs is 2. The number of ether oxygens (including phenoxy) is 2. The maximum atomic E-state index is 12.8. The molecule has 1 fully saturated rings. The minimum absolute atomic E-state index is 0.0116. The molecule has 0 radical (unpaired) electrons. The Kier molecular flexibility index (Phi) is 5.05. The van der Waals surface area contributed by atoms with Gasteiger partial charge in [-0.3, -0.25) is 4.79 Å². The molecule has 2 aliphatic rings. The van der Waals surface area contributed by atoms with Crippen LogP contribution in [0.25, 0.3) is 11.3 Å². The van der Waals surface area contributed by atoms with Crippen molar-refractivity contribution >= 4 is 17.4 Å². The predicted octanol–water partition coefficient (Wildman–Crippen LogP) is 3.95. The number of benzene rings is 2. The van der Waals surface area contributed by atoms with E-state index in [0.717, 1.165) is 42.2 Å². The zero-order valence-electron chi connectivity index (χ0n) is 17.2. The Labute approximate surface area is 180 Å². The average Bonchev–Trinajstić information content (AvgIpc) is 2.79. The number of morpholine rings is 1. The van der Waals surface area contributed by atoms with Gasteiger partial charge in [-0.2, -0.15) is 0 Å². The van der Waals surface area contributed by atoms with Crippen LogP contribution in [-0.2, 0) is 18.2 Å². The van der Waals surface area contributed by atoms with Gasteiger partial charge in [-0.25, -0.2) is 0 Å². The summed E-state index contributed by atoms with van der Waals surface area (Å²) in [6.07, 6.45) is 0.861. The van der Waals surface area contributed by atoms with Crippen molar-refractivity contribution in [2.45, 2.75) is 16.2 Å². The molecule has 6 heteroatoms. The summed E-state index contributed by atoms with van der Waals surface area (Å²) in [5.41, 5.74) is 5.60. The monoisotopic (exact) mass is 420 g/mol. The molecule has 3 aromatic rings. The lowest BCUT2D eigenvalue weighted by Gasteiger charge is -2.29. The largest absolute Gasteiger partial charge is 0.497 e. The van der Waals surface area contributed by atoms with E-state index in [0.29, 0.717) is 13.2 Å². The Hall–Kier alpha value is -2.70. The lowest BCUT2D eigenvalue weighted by molar-refractivity contribution is 0.122. The first-order valence-corrected chi connectivity index (χ1v) is 11.0. The van der Waals surface area contributed by atoms with Crippen molar-refractivity contribution in [3.05, 3.63) is 70.0 Å². The van der Waals surface area contributed by atoms with E-state index in [4.69, 9.17) is 9.47 Å². The smallest absolute Gasteiger partial charge is 0.252 e. The minimum Gasteiger partial charge on any atom is -0.497 e. The quantitative estimate of drug-likeness (QED) is 0.502. The Morgan fingerprint density at radius 2 is 1.87 bits per heavy atom. The minimum atomic E-state index is 0.0116. The van der Waals surface area contributed by atoms with Gasteiger partial charge in [0.15, 0.2) is 0 Å². The van der Waals surface area contributed by atoms with Gasteiger partial charge >= 0.3 is 0 Å². The second-order valence-corrected chi connectivity index (χ2v) is 8.69. The van der Waals surface area contributed by atoms with Crippen LogP contribution in [0.3, 0.4) is 0 Å². The molecular formula is C24H24N2O3S. The molecule has 5 rings (SSSR count). The van der Waals surface area contributed by atoms with Gasteiger partial charge in [0.1, 0.15) is 5.75 Å². The number of hydrogen-bond acceptors (Lipinski definition) is 5. The molecule has 5 nitrogen and oxygen atoms in total. The molecule has 0 N–H and O–H groups in total. The lowest BCUT2D eigenvalue weighted by atomic mass is 9.99. The molecule has 30 heavy (non-hydrogen) atoms. The number of pyridine rings is 1. The van der Waals surface area contributed by atoms with Crippen molar-refractivity contribution in [1.29, 1.82) is 0 Å². The molecular weight excluding hydrogens is 396 g/mol. The Balaban J connectivity index is 1.59. The van der Waals surface area contributed by atoms with Gasteiger partial charge in [0.2, 0.25) is 0 Å². The molecule has 1 aromatic heterocycles. The summed E-state index contributed by atoms with van der Waals surface area (Å²) in [4.78, 5) is 17.5. The third kappa shape index (κ3) is 3.40. The second kappa shape index (κ2) is 7.85. The number of rotatable bonds is 3. The van der Waals surface area contributed by atoms with Crippen molar-refractivity contribution in [2.75, 3.05) is 38.3 Å². The average molecular weight is 421 g/mol. The third-order valence-electron chi connectivity index (χ3n) is 5.86. The van der Waals surface area contributed by atoms with Crippen LogP contribution in [0.5, 0.6) is 5.75 Å². The van der Waals surface area contributed by atoms with Crippen LogP contribution in [0, 0.1) is 0 Å². The van der Waals surface area contributed by atoms with E-state index in [1.54, 1.807) is 29.5 Å². The van der Waals surface area contributed by atoms with Gasteiger partial charge in [-0.15, -0.1) is 0 Å². The SMILES string of the molecule is COc1ccc2c(c1)Cc1cccc(-c3cc(N4CCOCC4)cc(=O)n3C)c1S2. The highest BCUT2D eigenvalue weighted by atomic mass is 32.2. The highest BCUT2D eigenvalue weighted by molar-refractivity contribution is 7.99. The van der Waals surface area contributed by atoms with Crippen LogP contribution < -0.4 is 15.2 Å². The third-order valence-corrected chi connectivity index (χ3v) is 7.16. The Bertz CT molecular complexity index is 1170. The van der Waals surface area contributed by atoms with Crippen LogP contribution in [0.1, 0.15) is 11.1 Å². The van der Waals surface area contributed by atoms with Crippen molar-refractivity contribution in [3.63, 3.8) is 0 Å². The summed E-state index contributed by atoms with van der Waals surface area (Å²) in [6, 6.07) is 16.5. The van der Waals surface area contributed by atoms with Crippen molar-refractivity contribution < 1.29 is 9.47 Å². The maximum absolute atomic E-state index is 12.8. The molecule has 0 aliphatic carbocycles.